The molecule has 3 rings (SSSR count). The largest absolute Gasteiger partial charge is 0.326 e. The Hall–Kier alpha value is -2.28. The van der Waals surface area contributed by atoms with Crippen LogP contribution >= 0.6 is 23.2 Å². The summed E-state index contributed by atoms with van der Waals surface area (Å²) in [6, 6.07) is 12.3. The predicted octanol–water partition coefficient (Wildman–Crippen LogP) is 5.40. The van der Waals surface area contributed by atoms with Crippen LogP contribution in [0.4, 0.5) is 16.2 Å². The molecule has 1 heterocycles. The lowest BCUT2D eigenvalue weighted by atomic mass is 9.89. The number of hydrogen-bond acceptors (Lipinski definition) is 2. The van der Waals surface area contributed by atoms with Crippen molar-refractivity contribution in [1.82, 2.24) is 10.6 Å². The van der Waals surface area contributed by atoms with Crippen LogP contribution in [-0.2, 0) is 4.79 Å². The zero-order valence-electron chi connectivity index (χ0n) is 16.8. The number of carbonyl (C=O) groups is 2. The van der Waals surface area contributed by atoms with Gasteiger partial charge in [-0.2, -0.15) is 0 Å². The summed E-state index contributed by atoms with van der Waals surface area (Å²) >= 11 is 12.3. The van der Waals surface area contributed by atoms with E-state index in [4.69, 9.17) is 28.9 Å². The average Bonchev–Trinajstić information content (AvgIpc) is 2.71. The Kier molecular flexibility index (Phi) is 7.58. The van der Waals surface area contributed by atoms with Gasteiger partial charge in [0.05, 0.1) is 15.7 Å². The third kappa shape index (κ3) is 5.88. The molecule has 3 amide bonds. The normalized spacial score (nSPS) is 15.5. The lowest BCUT2D eigenvalue weighted by Gasteiger charge is -2.32. The summed E-state index contributed by atoms with van der Waals surface area (Å²) in [6.45, 7) is 2.97. The number of likely N-dealkylation sites (tertiary alicyclic amines) is 1. The van der Waals surface area contributed by atoms with Gasteiger partial charge in [-0.25, -0.2) is 4.79 Å². The number of benzene rings is 2. The number of piperidine rings is 1. The molecule has 2 aromatic carbocycles. The summed E-state index contributed by atoms with van der Waals surface area (Å²) in [7, 11) is 0. The van der Waals surface area contributed by atoms with Crippen LogP contribution in [0.2, 0.25) is 10.0 Å². The highest BCUT2D eigenvalue weighted by molar-refractivity contribution is 6.39. The van der Waals surface area contributed by atoms with E-state index in [2.05, 4.69) is 10.6 Å². The fraction of sp³-hybridized carbons (Fsp3) is 0.364. The van der Waals surface area contributed by atoms with E-state index in [1.165, 1.54) is 5.56 Å². The summed E-state index contributed by atoms with van der Waals surface area (Å²) in [5.41, 5.74) is 9.83. The van der Waals surface area contributed by atoms with Gasteiger partial charge in [0, 0.05) is 31.2 Å². The maximum Gasteiger partial charge on any atom is 0.321 e. The predicted molar refractivity (Wildman–Crippen MR) is 121 cm³/mol. The second-order valence-electron chi connectivity index (χ2n) is 7.56. The van der Waals surface area contributed by atoms with Crippen LogP contribution in [0.25, 0.3) is 0 Å². The molecule has 0 aliphatic carbocycles. The van der Waals surface area contributed by atoms with Crippen LogP contribution in [0.5, 0.6) is 0 Å². The Morgan fingerprint density at radius 1 is 1.07 bits per heavy atom. The van der Waals surface area contributed by atoms with Gasteiger partial charge in [0.2, 0.25) is 5.91 Å². The number of carbonyl (C=O) groups excluding carboxylic acids is 2. The van der Waals surface area contributed by atoms with Crippen molar-refractivity contribution in [2.75, 3.05) is 23.7 Å². The first-order valence-corrected chi connectivity index (χ1v) is 10.7. The van der Waals surface area contributed by atoms with Gasteiger partial charge < -0.3 is 15.5 Å². The Morgan fingerprint density at radius 2 is 1.67 bits per heavy atom. The topological polar surface area (TPSA) is 85.2 Å². The van der Waals surface area contributed by atoms with Crippen molar-refractivity contribution in [2.24, 2.45) is 0 Å². The fourth-order valence-corrected chi connectivity index (χ4v) is 4.04. The maximum atomic E-state index is 12.6. The number of para-hydroxylation sites is 1. The highest BCUT2D eigenvalue weighted by Crippen LogP contribution is 2.32. The second kappa shape index (κ2) is 10.2. The van der Waals surface area contributed by atoms with Crippen molar-refractivity contribution >= 4 is 46.5 Å². The molecule has 1 aliphatic rings. The van der Waals surface area contributed by atoms with Crippen LogP contribution in [0.3, 0.4) is 0 Å². The first-order valence-electron chi connectivity index (χ1n) is 9.94. The third-order valence-corrected chi connectivity index (χ3v) is 5.76. The molecule has 6 nitrogen and oxygen atoms in total. The molecular weight excluding hydrogens is 423 g/mol. The minimum atomic E-state index is -0.416. The molecule has 8 heteroatoms. The second-order valence-corrected chi connectivity index (χ2v) is 8.38. The van der Waals surface area contributed by atoms with Gasteiger partial charge in [0.15, 0.2) is 0 Å². The number of rotatable bonds is 5. The van der Waals surface area contributed by atoms with E-state index in [9.17, 15) is 9.59 Å². The minimum Gasteiger partial charge on any atom is -0.326 e. The monoisotopic (exact) mass is 447 g/mol. The maximum absolute atomic E-state index is 12.6. The molecule has 2 aromatic rings. The molecule has 30 heavy (non-hydrogen) atoms. The Balaban J connectivity index is 1.52. The summed E-state index contributed by atoms with van der Waals surface area (Å²) in [5.74, 6) is 0.208. The van der Waals surface area contributed by atoms with E-state index in [-0.39, 0.29) is 18.4 Å². The van der Waals surface area contributed by atoms with Crippen molar-refractivity contribution < 1.29 is 9.59 Å². The number of anilines is 2. The van der Waals surface area contributed by atoms with Gasteiger partial charge >= 0.3 is 6.03 Å². The SMILES string of the molecule is CC([NH])CC(=O)Nc1ccc(C2CCN(C(=O)Nc3c(Cl)cccc3Cl)CC2)cc1. The number of hydrogen-bond donors (Lipinski definition) is 2. The van der Waals surface area contributed by atoms with Crippen molar-refractivity contribution in [3.63, 3.8) is 0 Å². The highest BCUT2D eigenvalue weighted by atomic mass is 35.5. The van der Waals surface area contributed by atoms with Gasteiger partial charge in [0.1, 0.15) is 0 Å². The van der Waals surface area contributed by atoms with E-state index in [0.29, 0.717) is 34.7 Å². The van der Waals surface area contributed by atoms with Gasteiger partial charge in [-0.15, -0.1) is 0 Å². The number of nitrogens with zero attached hydrogens (tertiary/aromatic N) is 1. The molecule has 0 spiro atoms. The van der Waals surface area contributed by atoms with Gasteiger partial charge in [0.25, 0.3) is 0 Å². The summed E-state index contributed by atoms with van der Waals surface area (Å²) in [4.78, 5) is 26.1. The average molecular weight is 448 g/mol. The van der Waals surface area contributed by atoms with Crippen molar-refractivity contribution in [2.45, 2.75) is 38.1 Å². The van der Waals surface area contributed by atoms with Crippen LogP contribution in [-0.4, -0.2) is 36.0 Å². The fourth-order valence-electron chi connectivity index (χ4n) is 3.55. The first-order chi connectivity index (χ1) is 14.3. The highest BCUT2D eigenvalue weighted by Gasteiger charge is 2.24. The van der Waals surface area contributed by atoms with E-state index < -0.39 is 6.04 Å². The molecule has 0 aromatic heterocycles. The zero-order valence-corrected chi connectivity index (χ0v) is 18.3. The van der Waals surface area contributed by atoms with E-state index in [0.717, 1.165) is 18.5 Å². The van der Waals surface area contributed by atoms with Crippen LogP contribution < -0.4 is 16.4 Å². The number of urea groups is 1. The lowest BCUT2D eigenvalue weighted by molar-refractivity contribution is -0.116. The summed E-state index contributed by atoms with van der Waals surface area (Å²) in [6.07, 6.45) is 1.89. The van der Waals surface area contributed by atoms with Gasteiger partial charge in [-0.3, -0.25) is 10.5 Å². The van der Waals surface area contributed by atoms with E-state index >= 15 is 0 Å². The molecular formula is C22H25Cl2N4O2. The summed E-state index contributed by atoms with van der Waals surface area (Å²) < 4.78 is 0. The molecule has 3 N–H and O–H groups in total. The molecule has 1 atom stereocenters. The first kappa shape index (κ1) is 22.4. The molecule has 0 bridgehead atoms. The van der Waals surface area contributed by atoms with Crippen LogP contribution in [0.1, 0.15) is 37.7 Å². The molecule has 1 unspecified atom stereocenters. The standard InChI is InChI=1S/C22H25Cl2N4O2/c1-14(25)13-20(29)26-17-7-5-15(6-8-17)16-9-11-28(12-10-16)22(30)27-21-18(23)3-2-4-19(21)24/h2-8,14,16,25H,9-13H2,1H3,(H,26,29)(H,27,30). The molecule has 0 saturated carbocycles. The molecule has 1 aliphatic heterocycles. The smallest absolute Gasteiger partial charge is 0.321 e. The van der Waals surface area contributed by atoms with Crippen LogP contribution in [0, 0.1) is 0 Å². The van der Waals surface area contributed by atoms with Crippen LogP contribution in [0.15, 0.2) is 42.5 Å². The third-order valence-electron chi connectivity index (χ3n) is 5.13. The number of nitrogens with one attached hydrogen (secondary N) is 3. The minimum absolute atomic E-state index is 0.150. The Morgan fingerprint density at radius 3 is 2.23 bits per heavy atom. The Labute approximate surface area is 186 Å². The molecule has 159 valence electrons. The lowest BCUT2D eigenvalue weighted by Crippen LogP contribution is -2.40. The Bertz CT molecular complexity index is 874. The molecule has 1 saturated heterocycles. The molecule has 1 radical (unpaired) electrons. The van der Waals surface area contributed by atoms with Gasteiger partial charge in [-0.1, -0.05) is 41.4 Å². The quantitative estimate of drug-likeness (QED) is 0.642. The van der Waals surface area contributed by atoms with Gasteiger partial charge in [-0.05, 0) is 55.5 Å². The van der Waals surface area contributed by atoms with E-state index in [1.54, 1.807) is 30.0 Å². The summed E-state index contributed by atoms with van der Waals surface area (Å²) in [5, 5.41) is 6.45. The molecule has 1 fully saturated rings. The zero-order chi connectivity index (χ0) is 21.7. The van der Waals surface area contributed by atoms with E-state index in [1.807, 2.05) is 24.3 Å². The number of amides is 3. The number of halogens is 2. The van der Waals surface area contributed by atoms with Crippen molar-refractivity contribution in [1.29, 1.82) is 0 Å². The van der Waals surface area contributed by atoms with Crippen molar-refractivity contribution in [3.05, 3.63) is 58.1 Å². The van der Waals surface area contributed by atoms with Crippen molar-refractivity contribution in [3.8, 4) is 0 Å².